The standard InChI is InChI=1S/C47H49N5OSe/c1-45(2,3)31-18-20-38-39(27-31)51(35-25-32(46(4,5)6)24-33(26-35)47(7,8)9)30-50(38)34-14-12-15-36(28-34)53-37-19-21-41-40(29-37)52(43-17-10-11-22-48-43)44-42(54-41)16-13-23-49-44/h10-29H,30H2,1-9H3. The van der Waals surface area contributed by atoms with Crippen molar-refractivity contribution < 1.29 is 4.74 Å². The van der Waals surface area contributed by atoms with Crippen LogP contribution in [0.3, 0.4) is 0 Å². The summed E-state index contributed by atoms with van der Waals surface area (Å²) in [6.45, 7) is 21.4. The molecule has 0 saturated heterocycles. The molecule has 0 saturated carbocycles. The number of hydrogen-bond donors (Lipinski definition) is 0. The molecule has 0 spiro atoms. The average molecular weight is 779 g/mol. The van der Waals surface area contributed by atoms with Crippen molar-refractivity contribution >= 4 is 64.0 Å². The monoisotopic (exact) mass is 779 g/mol. The third-order valence-electron chi connectivity index (χ3n) is 10.3. The van der Waals surface area contributed by atoms with Crippen molar-refractivity contribution in [1.82, 2.24) is 9.97 Å². The van der Waals surface area contributed by atoms with Crippen molar-refractivity contribution in [3.8, 4) is 11.5 Å². The smallest absolute Gasteiger partial charge is 0.0131 e. The van der Waals surface area contributed by atoms with Crippen molar-refractivity contribution in [2.45, 2.75) is 78.6 Å². The second-order valence-electron chi connectivity index (χ2n) is 17.4. The summed E-state index contributed by atoms with van der Waals surface area (Å²) >= 11 is 0.116. The maximum atomic E-state index is 6.69. The van der Waals surface area contributed by atoms with Gasteiger partial charge < -0.3 is 0 Å². The zero-order valence-electron chi connectivity index (χ0n) is 32.8. The maximum Gasteiger partial charge on any atom is -0.0131 e. The Balaban J connectivity index is 1.16. The van der Waals surface area contributed by atoms with E-state index in [1.165, 1.54) is 42.7 Å². The van der Waals surface area contributed by atoms with Crippen LogP contribution in [-0.4, -0.2) is 31.6 Å². The Kier molecular flexibility index (Phi) is 8.86. The van der Waals surface area contributed by atoms with E-state index < -0.39 is 0 Å². The first kappa shape index (κ1) is 35.9. The van der Waals surface area contributed by atoms with Crippen LogP contribution in [0.2, 0.25) is 0 Å². The molecule has 2 aromatic heterocycles. The second kappa shape index (κ2) is 13.3. The van der Waals surface area contributed by atoms with E-state index in [0.29, 0.717) is 6.67 Å². The molecule has 0 bridgehead atoms. The zero-order chi connectivity index (χ0) is 38.0. The fourth-order valence-corrected chi connectivity index (χ4v) is 9.17. The quantitative estimate of drug-likeness (QED) is 0.162. The summed E-state index contributed by atoms with van der Waals surface area (Å²) in [5, 5.41) is 0. The van der Waals surface area contributed by atoms with E-state index >= 15 is 0 Å². The molecule has 2 aliphatic rings. The Morgan fingerprint density at radius 2 is 1.22 bits per heavy atom. The minimum atomic E-state index is 0.0172. The largest absolute Gasteiger partial charge is 0.0561 e. The fourth-order valence-electron chi connectivity index (χ4n) is 7.06. The van der Waals surface area contributed by atoms with Gasteiger partial charge in [0.05, 0.1) is 0 Å². The van der Waals surface area contributed by atoms with Crippen LogP contribution in [0, 0.1) is 0 Å². The van der Waals surface area contributed by atoms with Gasteiger partial charge in [-0.05, 0) is 45.1 Å². The van der Waals surface area contributed by atoms with Gasteiger partial charge in [0.25, 0.3) is 0 Å². The van der Waals surface area contributed by atoms with Gasteiger partial charge in [0.1, 0.15) is 0 Å². The Bertz CT molecular complexity index is 2320. The summed E-state index contributed by atoms with van der Waals surface area (Å²) in [5.41, 5.74) is 9.83. The Morgan fingerprint density at radius 3 is 1.93 bits per heavy atom. The molecular formula is C47H49N5OSe. The van der Waals surface area contributed by atoms with Gasteiger partial charge in [0, 0.05) is 0 Å². The molecule has 0 unspecified atom stereocenters. The SMILES string of the molecule is CC(C)(C)c1cc(N2CN(c3cccc(Oc4ccc5c(c4)N(c4ccccn4)c4ncccc4[Se]5)c3)c3ccc(C(C)(C)C)cc32)cc(C(C)(C)C)c1. The number of ether oxygens (including phenoxy) is 1. The predicted octanol–water partition coefficient (Wildman–Crippen LogP) is 10.8. The molecule has 0 atom stereocenters. The van der Waals surface area contributed by atoms with Crippen LogP contribution < -0.4 is 28.4 Å². The minimum absolute atomic E-state index is 0.0172. The van der Waals surface area contributed by atoms with Crippen molar-refractivity contribution in [1.29, 1.82) is 0 Å². The van der Waals surface area contributed by atoms with E-state index in [0.717, 1.165) is 34.5 Å². The molecule has 274 valence electrons. The molecule has 54 heavy (non-hydrogen) atoms. The normalized spacial score (nSPS) is 14.1. The molecule has 6 nitrogen and oxygen atoms in total. The zero-order valence-corrected chi connectivity index (χ0v) is 34.5. The van der Waals surface area contributed by atoms with Crippen LogP contribution in [0.15, 0.2) is 122 Å². The van der Waals surface area contributed by atoms with Gasteiger partial charge in [-0.3, -0.25) is 0 Å². The molecular weight excluding hydrogens is 730 g/mol. The van der Waals surface area contributed by atoms with Crippen LogP contribution in [0.4, 0.5) is 40.1 Å². The molecule has 0 radical (unpaired) electrons. The summed E-state index contributed by atoms with van der Waals surface area (Å²) in [4.78, 5) is 16.6. The van der Waals surface area contributed by atoms with E-state index in [1.807, 2.05) is 42.7 Å². The van der Waals surface area contributed by atoms with Crippen LogP contribution in [0.1, 0.15) is 79.0 Å². The van der Waals surface area contributed by atoms with Crippen molar-refractivity contribution in [3.63, 3.8) is 0 Å². The third kappa shape index (κ3) is 6.87. The Morgan fingerprint density at radius 1 is 0.519 bits per heavy atom. The first-order chi connectivity index (χ1) is 25.6. The Labute approximate surface area is 327 Å². The molecule has 8 rings (SSSR count). The van der Waals surface area contributed by atoms with Crippen LogP contribution in [0.5, 0.6) is 11.5 Å². The number of anilines is 7. The van der Waals surface area contributed by atoms with Crippen molar-refractivity contribution in [2.75, 3.05) is 21.4 Å². The van der Waals surface area contributed by atoms with E-state index in [9.17, 15) is 0 Å². The van der Waals surface area contributed by atoms with Crippen molar-refractivity contribution in [3.05, 3.63) is 138 Å². The van der Waals surface area contributed by atoms with Crippen molar-refractivity contribution in [2.24, 2.45) is 0 Å². The number of rotatable bonds is 5. The van der Waals surface area contributed by atoms with Gasteiger partial charge in [-0.25, -0.2) is 0 Å². The van der Waals surface area contributed by atoms with E-state index in [2.05, 4.69) is 156 Å². The summed E-state index contributed by atoms with van der Waals surface area (Å²) < 4.78 is 9.19. The summed E-state index contributed by atoms with van der Waals surface area (Å²) in [6, 6.07) is 39.2. The molecule has 0 aliphatic carbocycles. The van der Waals surface area contributed by atoms with Gasteiger partial charge in [-0.15, -0.1) is 0 Å². The molecule has 2 aliphatic heterocycles. The number of aromatic nitrogens is 2. The number of benzene rings is 4. The molecule has 6 aromatic rings. The average Bonchev–Trinajstić information content (AvgIpc) is 3.52. The van der Waals surface area contributed by atoms with Gasteiger partial charge >= 0.3 is 215 Å². The third-order valence-corrected chi connectivity index (χ3v) is 12.6. The number of fused-ring (bicyclic) bond motifs is 3. The number of pyridine rings is 2. The van der Waals surface area contributed by atoms with Gasteiger partial charge in [-0.1, -0.05) is 68.4 Å². The number of hydrogen-bond acceptors (Lipinski definition) is 6. The van der Waals surface area contributed by atoms with Crippen LogP contribution in [-0.2, 0) is 16.2 Å². The first-order valence-corrected chi connectivity index (χ1v) is 20.5. The molecule has 0 N–H and O–H groups in total. The van der Waals surface area contributed by atoms with Crippen LogP contribution in [0.25, 0.3) is 0 Å². The molecule has 0 amide bonds. The topological polar surface area (TPSA) is 44.7 Å². The summed E-state index contributed by atoms with van der Waals surface area (Å²) in [7, 11) is 0. The summed E-state index contributed by atoms with van der Waals surface area (Å²) in [6.07, 6.45) is 3.68. The first-order valence-electron chi connectivity index (χ1n) is 18.8. The van der Waals surface area contributed by atoms with E-state index in [1.54, 1.807) is 0 Å². The predicted molar refractivity (Wildman–Crippen MR) is 226 cm³/mol. The second-order valence-corrected chi connectivity index (χ2v) is 19.7. The minimum Gasteiger partial charge on any atom is -0.0561 e. The van der Waals surface area contributed by atoms with Crippen LogP contribution >= 0.6 is 0 Å². The van der Waals surface area contributed by atoms with Gasteiger partial charge in [0.15, 0.2) is 0 Å². The molecule has 7 heteroatoms. The Hall–Kier alpha value is -5.10. The summed E-state index contributed by atoms with van der Waals surface area (Å²) in [5.74, 6) is 3.32. The molecule has 0 fully saturated rings. The maximum absolute atomic E-state index is 6.69. The van der Waals surface area contributed by atoms with Gasteiger partial charge in [0.2, 0.25) is 0 Å². The van der Waals surface area contributed by atoms with E-state index in [-0.39, 0.29) is 31.2 Å². The molecule has 4 heterocycles. The molecule has 4 aromatic carbocycles. The fraction of sp³-hybridized carbons (Fsp3) is 0.277. The van der Waals surface area contributed by atoms with E-state index in [4.69, 9.17) is 14.7 Å². The number of nitrogens with zero attached hydrogens (tertiary/aromatic N) is 5. The van der Waals surface area contributed by atoms with Gasteiger partial charge in [-0.2, -0.15) is 0 Å².